The molecule has 1 atom stereocenters. The highest BCUT2D eigenvalue weighted by Crippen LogP contribution is 2.34. The predicted octanol–water partition coefficient (Wildman–Crippen LogP) is 5.93. The monoisotopic (exact) mass is 446 g/mol. The topological polar surface area (TPSA) is 32.3 Å². The van der Waals surface area contributed by atoms with Crippen LogP contribution < -0.4 is 5.32 Å². The predicted molar refractivity (Wildman–Crippen MR) is 126 cm³/mol. The number of carbonyl (C=O) groups excluding carboxylic acids is 1. The van der Waals surface area contributed by atoms with Gasteiger partial charge in [-0.15, -0.1) is 0 Å². The number of halogens is 2. The number of carbonyl (C=O) groups is 1. The fourth-order valence-corrected chi connectivity index (χ4v) is 4.65. The number of hydrogen-bond acceptors (Lipinski definition) is 2. The summed E-state index contributed by atoms with van der Waals surface area (Å²) in [6, 6.07) is 15.5. The van der Waals surface area contributed by atoms with Crippen LogP contribution in [0.2, 0.25) is 10.0 Å². The maximum atomic E-state index is 13.6. The molecule has 1 unspecified atom stereocenters. The number of likely N-dealkylation sites (tertiary alicyclic amines) is 1. The zero-order valence-electron chi connectivity index (χ0n) is 18.1. The van der Waals surface area contributed by atoms with Gasteiger partial charge in [-0.1, -0.05) is 61.3 Å². The molecule has 1 saturated heterocycles. The molecule has 1 aliphatic heterocycles. The van der Waals surface area contributed by atoms with Crippen LogP contribution >= 0.6 is 23.2 Å². The fourth-order valence-electron chi connectivity index (χ4n) is 4.39. The Labute approximate surface area is 190 Å². The third kappa shape index (κ3) is 5.38. The lowest BCUT2D eigenvalue weighted by Crippen LogP contribution is -2.49. The van der Waals surface area contributed by atoms with Gasteiger partial charge in [-0.05, 0) is 80.6 Å². The first-order valence-corrected chi connectivity index (χ1v) is 11.6. The van der Waals surface area contributed by atoms with E-state index in [2.05, 4.69) is 24.1 Å². The first kappa shape index (κ1) is 23.1. The zero-order chi connectivity index (χ0) is 21.7. The second-order valence-electron chi connectivity index (χ2n) is 8.88. The third-order valence-corrected chi connectivity index (χ3v) is 6.70. The van der Waals surface area contributed by atoms with Crippen molar-refractivity contribution < 1.29 is 4.79 Å². The molecular weight excluding hydrogens is 415 g/mol. The minimum atomic E-state index is -0.831. The van der Waals surface area contributed by atoms with Crippen LogP contribution in [-0.4, -0.2) is 36.5 Å². The zero-order valence-corrected chi connectivity index (χ0v) is 19.6. The van der Waals surface area contributed by atoms with Crippen molar-refractivity contribution in [2.45, 2.75) is 51.5 Å². The van der Waals surface area contributed by atoms with Gasteiger partial charge in [-0.2, -0.15) is 0 Å². The fraction of sp³-hybridized carbons (Fsp3) is 0.480. The Morgan fingerprint density at radius 2 is 1.43 bits per heavy atom. The van der Waals surface area contributed by atoms with E-state index in [1.165, 1.54) is 12.8 Å². The van der Waals surface area contributed by atoms with Crippen LogP contribution in [0.4, 0.5) is 0 Å². The van der Waals surface area contributed by atoms with E-state index in [0.717, 1.165) is 30.6 Å². The SMILES string of the molecule is CC(C)CC(CNC(=O)C(C)(c1ccc(Cl)cc1)c1ccc(Cl)cc1)N1CCCC1. The first-order chi connectivity index (χ1) is 14.3. The van der Waals surface area contributed by atoms with E-state index in [9.17, 15) is 4.79 Å². The second kappa shape index (κ2) is 10.2. The van der Waals surface area contributed by atoms with Crippen LogP contribution in [-0.2, 0) is 10.2 Å². The molecule has 2 aromatic rings. The Hall–Kier alpha value is -1.55. The Bertz CT molecular complexity index is 782. The van der Waals surface area contributed by atoms with Crippen molar-refractivity contribution >= 4 is 29.1 Å². The summed E-state index contributed by atoms with van der Waals surface area (Å²) >= 11 is 12.2. The molecule has 1 amide bonds. The van der Waals surface area contributed by atoms with Gasteiger partial charge in [0.25, 0.3) is 0 Å². The van der Waals surface area contributed by atoms with E-state index in [1.807, 2.05) is 55.5 Å². The van der Waals surface area contributed by atoms with Gasteiger partial charge in [0.1, 0.15) is 0 Å². The quantitative estimate of drug-likeness (QED) is 0.544. The Morgan fingerprint density at radius 1 is 0.967 bits per heavy atom. The van der Waals surface area contributed by atoms with Crippen molar-refractivity contribution in [3.05, 3.63) is 69.7 Å². The summed E-state index contributed by atoms with van der Waals surface area (Å²) in [6.07, 6.45) is 3.57. The van der Waals surface area contributed by atoms with Gasteiger partial charge >= 0.3 is 0 Å². The maximum Gasteiger partial charge on any atom is 0.234 e. The van der Waals surface area contributed by atoms with Crippen LogP contribution in [0.25, 0.3) is 0 Å². The van der Waals surface area contributed by atoms with Crippen LogP contribution in [0.5, 0.6) is 0 Å². The van der Waals surface area contributed by atoms with Gasteiger partial charge in [0.05, 0.1) is 5.41 Å². The van der Waals surface area contributed by atoms with Crippen LogP contribution in [0.15, 0.2) is 48.5 Å². The van der Waals surface area contributed by atoms with Crippen molar-refractivity contribution in [2.24, 2.45) is 5.92 Å². The molecule has 0 radical (unpaired) electrons. The number of nitrogens with zero attached hydrogens (tertiary/aromatic N) is 1. The summed E-state index contributed by atoms with van der Waals surface area (Å²) in [6.45, 7) is 9.38. The van der Waals surface area contributed by atoms with E-state index in [0.29, 0.717) is 28.5 Å². The smallest absolute Gasteiger partial charge is 0.234 e. The normalized spacial score (nSPS) is 16.1. The number of rotatable bonds is 8. The summed E-state index contributed by atoms with van der Waals surface area (Å²) in [5.74, 6) is 0.589. The number of amides is 1. The molecule has 1 N–H and O–H groups in total. The van der Waals surface area contributed by atoms with Gasteiger partial charge in [-0.3, -0.25) is 9.69 Å². The number of hydrogen-bond donors (Lipinski definition) is 1. The molecule has 0 aliphatic carbocycles. The van der Waals surface area contributed by atoms with Gasteiger partial charge < -0.3 is 5.32 Å². The lowest BCUT2D eigenvalue weighted by atomic mass is 9.75. The van der Waals surface area contributed by atoms with Crippen LogP contribution in [0, 0.1) is 5.92 Å². The van der Waals surface area contributed by atoms with Crippen molar-refractivity contribution in [1.29, 1.82) is 0 Å². The summed E-state index contributed by atoms with van der Waals surface area (Å²) < 4.78 is 0. The molecule has 0 spiro atoms. The standard InChI is InChI=1S/C25H32Cl2N2O/c1-18(2)16-23(29-14-4-5-15-29)17-28-24(30)25(3,19-6-10-21(26)11-7-19)20-8-12-22(27)13-9-20/h6-13,18,23H,4-5,14-17H2,1-3H3,(H,28,30). The average Bonchev–Trinajstić information content (AvgIpc) is 3.26. The van der Waals surface area contributed by atoms with Crippen molar-refractivity contribution in [3.8, 4) is 0 Å². The molecule has 3 nitrogen and oxygen atoms in total. The summed E-state index contributed by atoms with van der Waals surface area (Å²) in [7, 11) is 0. The molecule has 30 heavy (non-hydrogen) atoms. The van der Waals surface area contributed by atoms with Gasteiger partial charge in [0.15, 0.2) is 0 Å². The minimum absolute atomic E-state index is 0.0000907. The Morgan fingerprint density at radius 3 is 1.87 bits per heavy atom. The average molecular weight is 447 g/mol. The molecule has 162 valence electrons. The molecule has 0 saturated carbocycles. The Balaban J connectivity index is 1.86. The minimum Gasteiger partial charge on any atom is -0.353 e. The van der Waals surface area contributed by atoms with Gasteiger partial charge in [0, 0.05) is 22.6 Å². The first-order valence-electron chi connectivity index (χ1n) is 10.8. The van der Waals surface area contributed by atoms with E-state index >= 15 is 0 Å². The highest BCUT2D eigenvalue weighted by molar-refractivity contribution is 6.30. The van der Waals surface area contributed by atoms with Crippen molar-refractivity contribution in [1.82, 2.24) is 10.2 Å². The van der Waals surface area contributed by atoms with E-state index < -0.39 is 5.41 Å². The molecule has 1 heterocycles. The number of benzene rings is 2. The van der Waals surface area contributed by atoms with E-state index in [1.54, 1.807) is 0 Å². The molecule has 0 aromatic heterocycles. The molecule has 5 heteroatoms. The summed E-state index contributed by atoms with van der Waals surface area (Å²) in [5, 5.41) is 4.60. The molecule has 0 bridgehead atoms. The van der Waals surface area contributed by atoms with Crippen LogP contribution in [0.3, 0.4) is 0 Å². The Kier molecular flexibility index (Phi) is 7.84. The molecule has 1 aliphatic rings. The van der Waals surface area contributed by atoms with Crippen molar-refractivity contribution in [2.75, 3.05) is 19.6 Å². The molecular formula is C25H32Cl2N2O. The maximum absolute atomic E-state index is 13.6. The summed E-state index contributed by atoms with van der Waals surface area (Å²) in [4.78, 5) is 16.2. The van der Waals surface area contributed by atoms with Gasteiger partial charge in [0.2, 0.25) is 5.91 Å². The number of nitrogens with one attached hydrogen (secondary N) is 1. The largest absolute Gasteiger partial charge is 0.353 e. The van der Waals surface area contributed by atoms with Crippen molar-refractivity contribution in [3.63, 3.8) is 0 Å². The lowest BCUT2D eigenvalue weighted by molar-refractivity contribution is -0.125. The van der Waals surface area contributed by atoms with E-state index in [-0.39, 0.29) is 5.91 Å². The van der Waals surface area contributed by atoms with E-state index in [4.69, 9.17) is 23.2 Å². The highest BCUT2D eigenvalue weighted by Gasteiger charge is 2.37. The lowest BCUT2D eigenvalue weighted by Gasteiger charge is -2.33. The molecule has 2 aromatic carbocycles. The van der Waals surface area contributed by atoms with Crippen LogP contribution in [0.1, 0.15) is 51.2 Å². The third-order valence-electron chi connectivity index (χ3n) is 6.20. The highest BCUT2D eigenvalue weighted by atomic mass is 35.5. The molecule has 1 fully saturated rings. The molecule has 3 rings (SSSR count). The van der Waals surface area contributed by atoms with Gasteiger partial charge in [-0.25, -0.2) is 0 Å². The second-order valence-corrected chi connectivity index (χ2v) is 9.75. The summed E-state index contributed by atoms with van der Waals surface area (Å²) in [5.41, 5.74) is 0.990.